The number of benzene rings is 1. The molecule has 1 saturated heterocycles. The minimum Gasteiger partial charge on any atom is -0.619 e. The summed E-state index contributed by atoms with van der Waals surface area (Å²) < 4.78 is 98.1. The Balaban J connectivity index is 1.51. The molecule has 204 valence electrons. The van der Waals surface area contributed by atoms with Crippen LogP contribution in [0, 0.1) is 16.8 Å². The molecular weight excluding hydrogens is 523 g/mol. The van der Waals surface area contributed by atoms with Gasteiger partial charge in [-0.15, -0.1) is 0 Å². The van der Waals surface area contributed by atoms with Crippen molar-refractivity contribution in [1.29, 1.82) is 0 Å². The van der Waals surface area contributed by atoms with Crippen molar-refractivity contribution >= 4 is 11.7 Å². The summed E-state index contributed by atoms with van der Waals surface area (Å²) in [4.78, 5) is 17.8. The van der Waals surface area contributed by atoms with Crippen molar-refractivity contribution in [2.24, 2.45) is 0 Å². The monoisotopic (exact) mass is 545 g/mol. The first-order chi connectivity index (χ1) is 17.7. The fraction of sp³-hybridized carbons (Fsp3) is 0.375. The maximum Gasteiger partial charge on any atom is 0.449 e. The maximum atomic E-state index is 14.6. The van der Waals surface area contributed by atoms with Gasteiger partial charge in [0.25, 0.3) is 5.92 Å². The van der Waals surface area contributed by atoms with Crippen LogP contribution >= 0.6 is 0 Å². The van der Waals surface area contributed by atoms with E-state index in [4.69, 9.17) is 0 Å². The Bertz CT molecular complexity index is 1290. The summed E-state index contributed by atoms with van der Waals surface area (Å²) in [6.07, 6.45) is -2.45. The second-order valence-corrected chi connectivity index (χ2v) is 9.07. The molecule has 1 aliphatic heterocycles. The number of carbonyl (C=O) groups is 1. The third kappa shape index (κ3) is 6.06. The summed E-state index contributed by atoms with van der Waals surface area (Å²) in [5.74, 6) is -8.99. The van der Waals surface area contributed by atoms with E-state index in [1.807, 2.05) is 0 Å². The molecule has 1 aliphatic rings. The molecule has 7 nitrogen and oxygen atoms in total. The molecule has 0 saturated carbocycles. The van der Waals surface area contributed by atoms with E-state index in [1.54, 1.807) is 0 Å². The third-order valence-electron chi connectivity index (χ3n) is 6.37. The fourth-order valence-corrected chi connectivity index (χ4v) is 4.40. The fourth-order valence-electron chi connectivity index (χ4n) is 4.40. The van der Waals surface area contributed by atoms with Crippen LogP contribution in [0.2, 0.25) is 0 Å². The molecule has 0 radical (unpaired) electrons. The van der Waals surface area contributed by atoms with Gasteiger partial charge in [0.1, 0.15) is 11.6 Å². The lowest BCUT2D eigenvalue weighted by molar-refractivity contribution is -0.605. The number of imidazole rings is 1. The number of piperidine rings is 1. The minimum atomic E-state index is -4.94. The number of anilines is 1. The van der Waals surface area contributed by atoms with Gasteiger partial charge in [-0.25, -0.2) is 22.5 Å². The first kappa shape index (κ1) is 27.4. The van der Waals surface area contributed by atoms with E-state index < -0.39 is 66.2 Å². The Kier molecular flexibility index (Phi) is 7.37. The van der Waals surface area contributed by atoms with Crippen molar-refractivity contribution in [2.75, 3.05) is 18.4 Å². The minimum absolute atomic E-state index is 0.0969. The first-order valence-corrected chi connectivity index (χ1v) is 11.4. The highest BCUT2D eigenvalue weighted by Crippen LogP contribution is 2.40. The Morgan fingerprint density at radius 1 is 1.21 bits per heavy atom. The van der Waals surface area contributed by atoms with E-state index in [9.17, 15) is 40.7 Å². The number of rotatable bonds is 6. The highest BCUT2D eigenvalue weighted by Gasteiger charge is 2.46. The number of likely N-dealkylation sites (tertiary alicyclic amines) is 1. The van der Waals surface area contributed by atoms with Gasteiger partial charge in [0, 0.05) is 50.5 Å². The van der Waals surface area contributed by atoms with Crippen LogP contribution in [0.1, 0.15) is 36.2 Å². The first-order valence-electron chi connectivity index (χ1n) is 11.4. The number of alkyl halides is 5. The molecule has 0 aliphatic carbocycles. The summed E-state index contributed by atoms with van der Waals surface area (Å²) in [6, 6.07) is 3.85. The van der Waals surface area contributed by atoms with Gasteiger partial charge < -0.3 is 15.1 Å². The second-order valence-electron chi connectivity index (χ2n) is 9.07. The SMILES string of the molecule is C[C@@H](C(=O)Nc1cn(Cc2cc(F)cc(F)c2)c(C(F)(F)F)n1)N1CCC(F)(F)[C@@H](c2cc[n+]([O-])cc2)C1. The standard InChI is InChI=1S/C24H22F7N5O2/c1-14(34-7-4-23(27,28)19(12-34)16-2-5-36(38)6-3-16)21(37)32-20-13-35(22(33-20)24(29,30)31)11-15-8-17(25)10-18(26)9-15/h2-3,5-6,8-10,13-14,19H,4,7,11-12H2,1H3,(H,32,37)/t14-,19+/m0/s1. The molecule has 4 rings (SSSR count). The van der Waals surface area contributed by atoms with Crippen molar-refractivity contribution < 1.29 is 40.3 Å². The lowest BCUT2D eigenvalue weighted by Gasteiger charge is -2.40. The van der Waals surface area contributed by atoms with Gasteiger partial charge in [-0.05, 0) is 30.2 Å². The zero-order chi connectivity index (χ0) is 27.8. The van der Waals surface area contributed by atoms with E-state index in [0.717, 1.165) is 30.7 Å². The van der Waals surface area contributed by atoms with Crippen LogP contribution in [0.25, 0.3) is 0 Å². The van der Waals surface area contributed by atoms with Crippen LogP contribution in [0.5, 0.6) is 0 Å². The molecule has 0 unspecified atom stereocenters. The van der Waals surface area contributed by atoms with Crippen LogP contribution in [0.4, 0.5) is 36.6 Å². The quantitative estimate of drug-likeness (QED) is 0.285. The van der Waals surface area contributed by atoms with E-state index in [1.165, 1.54) is 24.0 Å². The average Bonchev–Trinajstić information content (AvgIpc) is 3.21. The summed E-state index contributed by atoms with van der Waals surface area (Å²) in [7, 11) is 0. The molecule has 1 aromatic carbocycles. The molecule has 2 aromatic heterocycles. The summed E-state index contributed by atoms with van der Waals surface area (Å²) >= 11 is 0. The lowest BCUT2D eigenvalue weighted by atomic mass is 9.87. The van der Waals surface area contributed by atoms with Crippen LogP contribution in [0.15, 0.2) is 48.9 Å². The highest BCUT2D eigenvalue weighted by molar-refractivity contribution is 5.93. The smallest absolute Gasteiger partial charge is 0.449 e. The number of halogens is 7. The molecule has 38 heavy (non-hydrogen) atoms. The molecule has 1 amide bonds. The lowest BCUT2D eigenvalue weighted by Crippen LogP contribution is -2.52. The Labute approximate surface area is 212 Å². The molecule has 1 fully saturated rings. The van der Waals surface area contributed by atoms with E-state index >= 15 is 0 Å². The average molecular weight is 545 g/mol. The topological polar surface area (TPSA) is 77.1 Å². The van der Waals surface area contributed by atoms with Gasteiger partial charge in [-0.1, -0.05) is 0 Å². The molecule has 14 heteroatoms. The number of nitrogens with zero attached hydrogens (tertiary/aromatic N) is 4. The third-order valence-corrected chi connectivity index (χ3v) is 6.37. The van der Waals surface area contributed by atoms with E-state index in [-0.39, 0.29) is 24.2 Å². The molecule has 0 spiro atoms. The number of aromatic nitrogens is 3. The van der Waals surface area contributed by atoms with Crippen molar-refractivity contribution in [1.82, 2.24) is 14.5 Å². The molecular formula is C24H22F7N5O2. The maximum absolute atomic E-state index is 14.6. The Morgan fingerprint density at radius 3 is 2.45 bits per heavy atom. The Morgan fingerprint density at radius 2 is 1.84 bits per heavy atom. The number of carbonyl (C=O) groups excluding carboxylic acids is 1. The number of hydrogen-bond acceptors (Lipinski definition) is 4. The van der Waals surface area contributed by atoms with Crippen LogP contribution in [-0.4, -0.2) is 45.4 Å². The number of amides is 1. The van der Waals surface area contributed by atoms with Gasteiger partial charge >= 0.3 is 6.18 Å². The predicted octanol–water partition coefficient (Wildman–Crippen LogP) is 4.31. The second kappa shape index (κ2) is 10.2. The summed E-state index contributed by atoms with van der Waals surface area (Å²) in [6.45, 7) is 0.451. The predicted molar refractivity (Wildman–Crippen MR) is 120 cm³/mol. The molecule has 3 aromatic rings. The van der Waals surface area contributed by atoms with Crippen molar-refractivity contribution in [2.45, 2.75) is 43.9 Å². The summed E-state index contributed by atoms with van der Waals surface area (Å²) in [5, 5.41) is 13.5. The van der Waals surface area contributed by atoms with Gasteiger partial charge in [0.15, 0.2) is 18.2 Å². The van der Waals surface area contributed by atoms with Crippen molar-refractivity contribution in [3.63, 3.8) is 0 Å². The van der Waals surface area contributed by atoms with E-state index in [0.29, 0.717) is 15.4 Å². The Hall–Kier alpha value is -3.68. The zero-order valence-electron chi connectivity index (χ0n) is 19.9. The zero-order valence-corrected chi connectivity index (χ0v) is 19.9. The van der Waals surface area contributed by atoms with Crippen LogP contribution < -0.4 is 10.0 Å². The van der Waals surface area contributed by atoms with Crippen LogP contribution in [-0.2, 0) is 17.5 Å². The summed E-state index contributed by atoms with van der Waals surface area (Å²) in [5.41, 5.74) is 0.113. The molecule has 1 N–H and O–H groups in total. The largest absolute Gasteiger partial charge is 0.619 e. The van der Waals surface area contributed by atoms with Gasteiger partial charge in [-0.3, -0.25) is 9.69 Å². The van der Waals surface area contributed by atoms with Gasteiger partial charge in [-0.2, -0.15) is 17.9 Å². The highest BCUT2D eigenvalue weighted by atomic mass is 19.4. The van der Waals surface area contributed by atoms with Gasteiger partial charge in [0.2, 0.25) is 11.7 Å². The number of pyridine rings is 1. The van der Waals surface area contributed by atoms with Crippen molar-refractivity contribution in [3.8, 4) is 0 Å². The normalized spacial score (nSPS) is 18.8. The molecule has 2 atom stereocenters. The molecule has 0 bridgehead atoms. The molecule has 3 heterocycles. The van der Waals surface area contributed by atoms with Gasteiger partial charge in [0.05, 0.1) is 12.0 Å². The van der Waals surface area contributed by atoms with E-state index in [2.05, 4.69) is 10.3 Å². The number of hydrogen-bond donors (Lipinski definition) is 1. The van der Waals surface area contributed by atoms with Crippen LogP contribution in [0.3, 0.4) is 0 Å². The van der Waals surface area contributed by atoms with Crippen molar-refractivity contribution in [3.05, 3.63) is 82.7 Å². The number of nitrogens with one attached hydrogen (secondary N) is 1.